The van der Waals surface area contributed by atoms with E-state index in [-0.39, 0.29) is 36.7 Å². The van der Waals surface area contributed by atoms with Crippen molar-refractivity contribution in [1.29, 1.82) is 0 Å². The lowest BCUT2D eigenvalue weighted by Crippen LogP contribution is -2.60. The van der Waals surface area contributed by atoms with Crippen molar-refractivity contribution in [3.63, 3.8) is 0 Å². The van der Waals surface area contributed by atoms with E-state index in [1.54, 1.807) is 34.6 Å². The summed E-state index contributed by atoms with van der Waals surface area (Å²) in [4.78, 5) is 53.9. The molecule has 34 heavy (non-hydrogen) atoms. The van der Waals surface area contributed by atoms with Crippen molar-refractivity contribution in [2.75, 3.05) is 6.54 Å². The molecule has 0 saturated carbocycles. The third-order valence-electron chi connectivity index (χ3n) is 5.62. The fraction of sp³-hybridized carbons (Fsp3) is 0.773. The predicted octanol–water partition coefficient (Wildman–Crippen LogP) is -0.736. The molecule has 0 aliphatic heterocycles. The number of amides is 3. The largest absolute Gasteiger partial charge is 0.480 e. The van der Waals surface area contributed by atoms with Crippen LogP contribution in [0.2, 0.25) is 0 Å². The van der Waals surface area contributed by atoms with Crippen molar-refractivity contribution in [2.24, 2.45) is 39.9 Å². The van der Waals surface area contributed by atoms with Crippen molar-refractivity contribution >= 4 is 29.7 Å². The number of carboxylic acid groups (broad SMARTS) is 1. The van der Waals surface area contributed by atoms with Crippen molar-refractivity contribution < 1.29 is 24.3 Å². The molecule has 0 aromatic carbocycles. The lowest BCUT2D eigenvalue weighted by atomic mass is 9.95. The van der Waals surface area contributed by atoms with Gasteiger partial charge in [-0.3, -0.25) is 19.4 Å². The Morgan fingerprint density at radius 1 is 0.853 bits per heavy atom. The summed E-state index contributed by atoms with van der Waals surface area (Å²) >= 11 is 0. The summed E-state index contributed by atoms with van der Waals surface area (Å²) in [6.07, 6.45) is 1.00. The van der Waals surface area contributed by atoms with E-state index in [1.165, 1.54) is 0 Å². The Hall–Kier alpha value is -2.89. The SMILES string of the molecule is CCC(C)C(NC(=O)C(NC(=O)C(N)C(C)C)C(C)C)C(=O)NC(CCCN=C(N)N)C(=O)O. The number of nitrogens with zero attached hydrogens (tertiary/aromatic N) is 1. The molecule has 0 aliphatic carbocycles. The summed E-state index contributed by atoms with van der Waals surface area (Å²) in [6, 6.07) is -3.85. The maximum atomic E-state index is 13.0. The van der Waals surface area contributed by atoms with Crippen LogP contribution >= 0.6 is 0 Å². The fourth-order valence-electron chi connectivity index (χ4n) is 3.05. The summed E-state index contributed by atoms with van der Waals surface area (Å²) in [5, 5.41) is 17.4. The Morgan fingerprint density at radius 3 is 1.82 bits per heavy atom. The molecule has 0 saturated heterocycles. The van der Waals surface area contributed by atoms with E-state index in [2.05, 4.69) is 20.9 Å². The summed E-state index contributed by atoms with van der Waals surface area (Å²) in [6.45, 7) is 11.0. The summed E-state index contributed by atoms with van der Waals surface area (Å²) in [5.41, 5.74) is 16.4. The number of hydrogen-bond acceptors (Lipinski definition) is 6. The van der Waals surface area contributed by atoms with Crippen LogP contribution in [0.4, 0.5) is 0 Å². The molecule has 3 amide bonds. The van der Waals surface area contributed by atoms with Gasteiger partial charge >= 0.3 is 5.97 Å². The zero-order valence-corrected chi connectivity index (χ0v) is 21.1. The minimum atomic E-state index is -1.21. The second kappa shape index (κ2) is 15.1. The Kier molecular flexibility index (Phi) is 13.8. The Bertz CT molecular complexity index is 722. The average Bonchev–Trinajstić information content (AvgIpc) is 2.75. The minimum absolute atomic E-state index is 0.100. The molecule has 196 valence electrons. The van der Waals surface area contributed by atoms with Crippen LogP contribution in [0.3, 0.4) is 0 Å². The van der Waals surface area contributed by atoms with Crippen molar-refractivity contribution in [3.05, 3.63) is 0 Å². The van der Waals surface area contributed by atoms with Crippen molar-refractivity contribution in [3.8, 4) is 0 Å². The number of nitrogens with two attached hydrogens (primary N) is 3. The third kappa shape index (κ3) is 10.8. The maximum Gasteiger partial charge on any atom is 0.326 e. The zero-order valence-electron chi connectivity index (χ0n) is 21.1. The molecule has 0 spiro atoms. The first kappa shape index (κ1) is 31.1. The van der Waals surface area contributed by atoms with Crippen LogP contribution in [0.1, 0.15) is 60.8 Å². The molecule has 0 heterocycles. The van der Waals surface area contributed by atoms with Gasteiger partial charge in [0.05, 0.1) is 6.04 Å². The van der Waals surface area contributed by atoms with Crippen LogP contribution in [0.25, 0.3) is 0 Å². The quantitative estimate of drug-likeness (QED) is 0.0888. The highest BCUT2D eigenvalue weighted by atomic mass is 16.4. The van der Waals surface area contributed by atoms with E-state index in [4.69, 9.17) is 17.2 Å². The summed E-state index contributed by atoms with van der Waals surface area (Å²) in [5.74, 6) is -3.61. The highest BCUT2D eigenvalue weighted by Crippen LogP contribution is 2.12. The number of carbonyl (C=O) groups excluding carboxylic acids is 3. The fourth-order valence-corrected chi connectivity index (χ4v) is 3.05. The lowest BCUT2D eigenvalue weighted by Gasteiger charge is -2.29. The molecule has 0 rings (SSSR count). The second-order valence-electron chi connectivity index (χ2n) is 9.22. The van der Waals surface area contributed by atoms with Gasteiger partial charge in [0.15, 0.2) is 5.96 Å². The number of aliphatic carboxylic acids is 1. The highest BCUT2D eigenvalue weighted by molar-refractivity contribution is 5.94. The van der Waals surface area contributed by atoms with Crippen molar-refractivity contribution in [2.45, 2.75) is 85.0 Å². The molecule has 0 aromatic heterocycles. The molecular formula is C22H43N7O5. The van der Waals surface area contributed by atoms with Gasteiger partial charge in [-0.15, -0.1) is 0 Å². The van der Waals surface area contributed by atoms with Gasteiger partial charge in [0, 0.05) is 6.54 Å². The smallest absolute Gasteiger partial charge is 0.326 e. The first-order chi connectivity index (χ1) is 15.7. The Balaban J connectivity index is 5.45. The van der Waals surface area contributed by atoms with Gasteiger partial charge in [-0.05, 0) is 30.6 Å². The van der Waals surface area contributed by atoms with E-state index in [9.17, 15) is 24.3 Å². The van der Waals surface area contributed by atoms with Gasteiger partial charge < -0.3 is 38.3 Å². The van der Waals surface area contributed by atoms with Crippen LogP contribution in [-0.2, 0) is 19.2 Å². The number of nitrogens with one attached hydrogen (secondary N) is 3. The van der Waals surface area contributed by atoms with Gasteiger partial charge in [-0.25, -0.2) is 4.79 Å². The van der Waals surface area contributed by atoms with Crippen LogP contribution in [-0.4, -0.2) is 65.5 Å². The van der Waals surface area contributed by atoms with Gasteiger partial charge in [0.2, 0.25) is 17.7 Å². The van der Waals surface area contributed by atoms with Crippen LogP contribution in [0.5, 0.6) is 0 Å². The van der Waals surface area contributed by atoms with Crippen LogP contribution in [0, 0.1) is 17.8 Å². The monoisotopic (exact) mass is 485 g/mol. The van der Waals surface area contributed by atoms with E-state index < -0.39 is 47.9 Å². The first-order valence-electron chi connectivity index (χ1n) is 11.7. The third-order valence-corrected chi connectivity index (χ3v) is 5.62. The Labute approximate surface area is 201 Å². The number of rotatable bonds is 15. The molecule has 0 fully saturated rings. The number of hydrogen-bond donors (Lipinski definition) is 7. The lowest BCUT2D eigenvalue weighted by molar-refractivity contribution is -0.143. The van der Waals surface area contributed by atoms with Gasteiger partial charge in [-0.2, -0.15) is 0 Å². The summed E-state index contributed by atoms with van der Waals surface area (Å²) < 4.78 is 0. The van der Waals surface area contributed by atoms with E-state index in [0.29, 0.717) is 12.8 Å². The van der Waals surface area contributed by atoms with E-state index in [1.807, 2.05) is 6.92 Å². The molecule has 5 unspecified atom stereocenters. The highest BCUT2D eigenvalue weighted by Gasteiger charge is 2.33. The van der Waals surface area contributed by atoms with Crippen LogP contribution in [0.15, 0.2) is 4.99 Å². The normalized spacial score (nSPS) is 15.6. The van der Waals surface area contributed by atoms with Crippen LogP contribution < -0.4 is 33.2 Å². The Morgan fingerprint density at radius 2 is 1.38 bits per heavy atom. The molecule has 5 atom stereocenters. The molecule has 0 bridgehead atoms. The zero-order chi connectivity index (χ0) is 26.6. The average molecular weight is 486 g/mol. The predicted molar refractivity (Wildman–Crippen MR) is 130 cm³/mol. The topological polar surface area (TPSA) is 215 Å². The molecule has 12 nitrogen and oxygen atoms in total. The van der Waals surface area contributed by atoms with E-state index in [0.717, 1.165) is 0 Å². The van der Waals surface area contributed by atoms with Crippen molar-refractivity contribution in [1.82, 2.24) is 16.0 Å². The summed E-state index contributed by atoms with van der Waals surface area (Å²) in [7, 11) is 0. The van der Waals surface area contributed by atoms with Gasteiger partial charge in [0.25, 0.3) is 0 Å². The molecule has 0 aliphatic rings. The molecule has 12 heteroatoms. The number of guanidine groups is 1. The van der Waals surface area contributed by atoms with E-state index >= 15 is 0 Å². The number of carbonyl (C=O) groups is 4. The van der Waals surface area contributed by atoms with Gasteiger partial charge in [0.1, 0.15) is 18.1 Å². The maximum absolute atomic E-state index is 13.0. The molecule has 0 aromatic rings. The minimum Gasteiger partial charge on any atom is -0.480 e. The molecular weight excluding hydrogens is 442 g/mol. The standard InChI is InChI=1S/C22H43N7O5/c1-7-13(6)17(20(32)27-14(21(33)34)9-8-10-26-22(24)25)29-19(31)16(12(4)5)28-18(30)15(23)11(2)3/h11-17H,7-10,23H2,1-6H3,(H,27,32)(H,28,30)(H,29,31)(H,33,34)(H4,24,25,26). The number of aliphatic imine (C=N–C) groups is 1. The molecule has 0 radical (unpaired) electrons. The first-order valence-corrected chi connectivity index (χ1v) is 11.7. The number of carboxylic acids is 1. The second-order valence-corrected chi connectivity index (χ2v) is 9.22. The molecule has 10 N–H and O–H groups in total. The van der Waals surface area contributed by atoms with Gasteiger partial charge in [-0.1, -0.05) is 48.0 Å².